The van der Waals surface area contributed by atoms with E-state index in [1.165, 1.54) is 13.2 Å². The van der Waals surface area contributed by atoms with Crippen LogP contribution in [-0.4, -0.2) is 37.6 Å². The summed E-state index contributed by atoms with van der Waals surface area (Å²) in [4.78, 5) is 27.4. The highest BCUT2D eigenvalue weighted by atomic mass is 19.1. The van der Waals surface area contributed by atoms with Gasteiger partial charge in [0.2, 0.25) is 5.91 Å². The van der Waals surface area contributed by atoms with E-state index in [9.17, 15) is 14.0 Å². The molecule has 0 saturated heterocycles. The van der Waals surface area contributed by atoms with Crippen molar-refractivity contribution in [1.29, 1.82) is 0 Å². The quantitative estimate of drug-likeness (QED) is 0.693. The van der Waals surface area contributed by atoms with Crippen LogP contribution in [0.1, 0.15) is 38.7 Å². The molecule has 2 amide bonds. The van der Waals surface area contributed by atoms with Crippen molar-refractivity contribution < 1.29 is 23.5 Å². The zero-order chi connectivity index (χ0) is 22.4. The summed E-state index contributed by atoms with van der Waals surface area (Å²) in [5.41, 5.74) is 1.34. The number of benzene rings is 2. The number of fused-ring (bicyclic) bond motifs is 1. The van der Waals surface area contributed by atoms with Gasteiger partial charge in [-0.3, -0.25) is 9.59 Å². The first-order chi connectivity index (χ1) is 15.0. The number of hydrogen-bond acceptors (Lipinski definition) is 4. The maximum atomic E-state index is 13.9. The van der Waals surface area contributed by atoms with E-state index in [0.29, 0.717) is 23.4 Å². The van der Waals surface area contributed by atoms with Crippen LogP contribution >= 0.6 is 0 Å². The topological polar surface area (TPSA) is 67.9 Å². The number of para-hydroxylation sites is 2. The molecule has 0 fully saturated rings. The van der Waals surface area contributed by atoms with Crippen LogP contribution in [0.5, 0.6) is 11.5 Å². The fourth-order valence-corrected chi connectivity index (χ4v) is 3.65. The minimum atomic E-state index is -0.780. The van der Waals surface area contributed by atoms with Crippen LogP contribution < -0.4 is 19.7 Å². The molecule has 1 aliphatic rings. The van der Waals surface area contributed by atoms with Crippen LogP contribution in [0.4, 0.5) is 10.1 Å². The molecular weight excluding hydrogens is 399 g/mol. The number of nitrogens with one attached hydrogen (secondary N) is 1. The van der Waals surface area contributed by atoms with E-state index in [2.05, 4.69) is 5.32 Å². The highest BCUT2D eigenvalue weighted by Crippen LogP contribution is 2.34. The molecule has 0 spiro atoms. The van der Waals surface area contributed by atoms with Crippen molar-refractivity contribution in [3.8, 4) is 11.5 Å². The van der Waals surface area contributed by atoms with Crippen molar-refractivity contribution in [2.75, 3.05) is 18.6 Å². The minimum Gasteiger partial charge on any atom is -0.494 e. The Hall–Kier alpha value is -3.09. The molecule has 31 heavy (non-hydrogen) atoms. The number of amides is 2. The number of halogens is 1. The third-order valence-electron chi connectivity index (χ3n) is 5.54. The van der Waals surface area contributed by atoms with E-state index in [1.807, 2.05) is 26.0 Å². The van der Waals surface area contributed by atoms with Crippen LogP contribution in [0.3, 0.4) is 0 Å². The molecule has 7 heteroatoms. The Balaban J connectivity index is 1.73. The van der Waals surface area contributed by atoms with Crippen molar-refractivity contribution >= 4 is 17.5 Å². The summed E-state index contributed by atoms with van der Waals surface area (Å²) in [6, 6.07) is 11.9. The Labute approximate surface area is 182 Å². The Morgan fingerprint density at radius 3 is 2.65 bits per heavy atom. The standard InChI is InChI=1S/C24H29FN2O4/c1-4-17(5-2)26-24(29)22-15-27(19-8-6-7-9-21(19)31-22)23(28)13-11-16-10-12-20(30-3)18(25)14-16/h6-10,12,14,17,22H,4-5,11,13,15H2,1-3H3,(H,26,29). The van der Waals surface area contributed by atoms with Crippen LogP contribution in [0.2, 0.25) is 0 Å². The summed E-state index contributed by atoms with van der Waals surface area (Å²) < 4.78 is 24.8. The molecule has 166 valence electrons. The number of nitrogens with zero attached hydrogens (tertiary/aromatic N) is 1. The summed E-state index contributed by atoms with van der Waals surface area (Å²) in [6.07, 6.45) is 1.43. The molecule has 6 nitrogen and oxygen atoms in total. The van der Waals surface area contributed by atoms with Gasteiger partial charge in [-0.05, 0) is 49.1 Å². The SMILES string of the molecule is CCC(CC)NC(=O)C1CN(C(=O)CCc2ccc(OC)c(F)c2)c2ccccc2O1. The zero-order valence-electron chi connectivity index (χ0n) is 18.2. The Morgan fingerprint density at radius 1 is 1.23 bits per heavy atom. The highest BCUT2D eigenvalue weighted by Gasteiger charge is 2.34. The number of anilines is 1. The molecule has 0 saturated carbocycles. The first kappa shape index (κ1) is 22.6. The molecule has 1 aliphatic heterocycles. The molecule has 0 aliphatic carbocycles. The number of aryl methyl sites for hydroxylation is 1. The molecule has 1 N–H and O–H groups in total. The summed E-state index contributed by atoms with van der Waals surface area (Å²) in [5.74, 6) is -0.154. The summed E-state index contributed by atoms with van der Waals surface area (Å²) in [6.45, 7) is 4.17. The second-order valence-corrected chi connectivity index (χ2v) is 7.57. The van der Waals surface area contributed by atoms with Gasteiger partial charge in [-0.15, -0.1) is 0 Å². The molecule has 1 heterocycles. The van der Waals surface area contributed by atoms with Crippen LogP contribution in [-0.2, 0) is 16.0 Å². The molecule has 0 radical (unpaired) electrons. The third kappa shape index (κ3) is 5.34. The van der Waals surface area contributed by atoms with Gasteiger partial charge in [0.25, 0.3) is 5.91 Å². The van der Waals surface area contributed by atoms with Gasteiger partial charge in [0.15, 0.2) is 17.7 Å². The second kappa shape index (κ2) is 10.3. The predicted molar refractivity (Wildman–Crippen MR) is 117 cm³/mol. The molecule has 3 rings (SSSR count). The van der Waals surface area contributed by atoms with Gasteiger partial charge < -0.3 is 19.7 Å². The van der Waals surface area contributed by atoms with E-state index in [1.54, 1.807) is 29.2 Å². The van der Waals surface area contributed by atoms with Gasteiger partial charge in [-0.2, -0.15) is 0 Å². The maximum Gasteiger partial charge on any atom is 0.263 e. The van der Waals surface area contributed by atoms with Gasteiger partial charge in [0.05, 0.1) is 19.3 Å². The van der Waals surface area contributed by atoms with E-state index >= 15 is 0 Å². The fourth-order valence-electron chi connectivity index (χ4n) is 3.65. The van der Waals surface area contributed by atoms with E-state index in [0.717, 1.165) is 12.8 Å². The van der Waals surface area contributed by atoms with Gasteiger partial charge in [-0.1, -0.05) is 32.0 Å². The third-order valence-corrected chi connectivity index (χ3v) is 5.54. The molecular formula is C24H29FN2O4. The molecule has 0 bridgehead atoms. The molecule has 1 unspecified atom stereocenters. The average Bonchev–Trinajstić information content (AvgIpc) is 2.80. The minimum absolute atomic E-state index is 0.0717. The van der Waals surface area contributed by atoms with Gasteiger partial charge in [0.1, 0.15) is 5.75 Å². The van der Waals surface area contributed by atoms with Gasteiger partial charge in [0, 0.05) is 12.5 Å². The Morgan fingerprint density at radius 2 is 1.97 bits per heavy atom. The van der Waals surface area contributed by atoms with Gasteiger partial charge in [-0.25, -0.2) is 4.39 Å². The lowest BCUT2D eigenvalue weighted by Crippen LogP contribution is -2.52. The number of hydrogen-bond donors (Lipinski definition) is 1. The number of ether oxygens (including phenoxy) is 2. The normalized spacial score (nSPS) is 15.3. The number of carbonyl (C=O) groups excluding carboxylic acids is 2. The predicted octanol–water partition coefficient (Wildman–Crippen LogP) is 3.87. The second-order valence-electron chi connectivity index (χ2n) is 7.57. The molecule has 1 atom stereocenters. The van der Waals surface area contributed by atoms with E-state index < -0.39 is 11.9 Å². The van der Waals surface area contributed by atoms with Crippen molar-refractivity contribution in [3.63, 3.8) is 0 Å². The maximum absolute atomic E-state index is 13.9. The summed E-state index contributed by atoms with van der Waals surface area (Å²) >= 11 is 0. The van der Waals surface area contributed by atoms with Crippen LogP contribution in [0.15, 0.2) is 42.5 Å². The van der Waals surface area contributed by atoms with E-state index in [4.69, 9.17) is 9.47 Å². The lowest BCUT2D eigenvalue weighted by molar-refractivity contribution is -0.129. The fraction of sp³-hybridized carbons (Fsp3) is 0.417. The smallest absolute Gasteiger partial charge is 0.263 e. The van der Waals surface area contributed by atoms with Crippen LogP contribution in [0, 0.1) is 5.82 Å². The summed E-state index contributed by atoms with van der Waals surface area (Å²) in [7, 11) is 1.41. The first-order valence-electron chi connectivity index (χ1n) is 10.7. The summed E-state index contributed by atoms with van der Waals surface area (Å²) in [5, 5.41) is 3.00. The lowest BCUT2D eigenvalue weighted by Gasteiger charge is -2.34. The molecule has 0 aromatic heterocycles. The molecule has 2 aromatic carbocycles. The van der Waals surface area contributed by atoms with Crippen molar-refractivity contribution in [2.24, 2.45) is 0 Å². The van der Waals surface area contributed by atoms with E-state index in [-0.39, 0.29) is 36.6 Å². The van der Waals surface area contributed by atoms with Crippen LogP contribution in [0.25, 0.3) is 0 Å². The lowest BCUT2D eigenvalue weighted by atomic mass is 10.1. The number of methoxy groups -OCH3 is 1. The average molecular weight is 429 g/mol. The largest absolute Gasteiger partial charge is 0.494 e. The van der Waals surface area contributed by atoms with Crippen molar-refractivity contribution in [1.82, 2.24) is 5.32 Å². The number of rotatable bonds is 8. The Bertz CT molecular complexity index is 930. The zero-order valence-corrected chi connectivity index (χ0v) is 18.2. The number of carbonyl (C=O) groups is 2. The van der Waals surface area contributed by atoms with Gasteiger partial charge >= 0.3 is 0 Å². The monoisotopic (exact) mass is 428 g/mol. The van der Waals surface area contributed by atoms with Crippen molar-refractivity contribution in [3.05, 3.63) is 53.8 Å². The first-order valence-corrected chi connectivity index (χ1v) is 10.7. The highest BCUT2D eigenvalue weighted by molar-refractivity contribution is 5.97. The Kier molecular flexibility index (Phi) is 7.50. The van der Waals surface area contributed by atoms with Crippen molar-refractivity contribution in [2.45, 2.75) is 51.7 Å². The molecule has 2 aromatic rings.